The molecule has 0 aliphatic heterocycles. The Morgan fingerprint density at radius 2 is 2.11 bits per heavy atom. The van der Waals surface area contributed by atoms with Gasteiger partial charge >= 0.3 is 5.97 Å². The van der Waals surface area contributed by atoms with Crippen molar-refractivity contribution in [1.82, 2.24) is 4.72 Å². The lowest BCUT2D eigenvalue weighted by Gasteiger charge is -2.07. The normalized spacial score (nSPS) is 10.6. The topological polar surface area (TPSA) is 83.5 Å². The predicted octanol–water partition coefficient (Wildman–Crippen LogP) is 1.38. The van der Waals surface area contributed by atoms with Crippen LogP contribution in [0.25, 0.3) is 0 Å². The molecule has 0 radical (unpaired) electrons. The monoisotopic (exact) mass is 281 g/mol. The van der Waals surface area contributed by atoms with E-state index >= 15 is 0 Å². The van der Waals surface area contributed by atoms with E-state index in [2.05, 4.69) is 16.6 Å². The fourth-order valence-corrected chi connectivity index (χ4v) is 2.51. The lowest BCUT2D eigenvalue weighted by Crippen LogP contribution is -2.25. The first-order chi connectivity index (χ1) is 8.88. The van der Waals surface area contributed by atoms with E-state index in [0.29, 0.717) is 12.0 Å². The molecule has 0 fully saturated rings. The van der Waals surface area contributed by atoms with Gasteiger partial charge in [0.15, 0.2) is 0 Å². The Hall–Kier alpha value is -1.84. The van der Waals surface area contributed by atoms with Gasteiger partial charge in [0.1, 0.15) is 0 Å². The van der Waals surface area contributed by atoms with E-state index in [1.165, 1.54) is 12.1 Å². The van der Waals surface area contributed by atoms with Gasteiger partial charge in [0.25, 0.3) is 0 Å². The summed E-state index contributed by atoms with van der Waals surface area (Å²) >= 11 is 0. The third kappa shape index (κ3) is 4.09. The molecule has 5 nitrogen and oxygen atoms in total. The van der Waals surface area contributed by atoms with Crippen molar-refractivity contribution in [2.75, 3.05) is 6.54 Å². The van der Waals surface area contributed by atoms with Crippen LogP contribution in [0.4, 0.5) is 0 Å². The summed E-state index contributed by atoms with van der Waals surface area (Å²) in [6, 6.07) is 4.02. The van der Waals surface area contributed by atoms with Gasteiger partial charge in [-0.3, -0.25) is 0 Å². The van der Waals surface area contributed by atoms with Crippen LogP contribution in [0.2, 0.25) is 0 Å². The number of carbonyl (C=O) groups is 1. The Kier molecular flexibility index (Phi) is 5.10. The second kappa shape index (κ2) is 6.36. The number of carboxylic acid groups (broad SMARTS) is 1. The van der Waals surface area contributed by atoms with E-state index in [4.69, 9.17) is 5.11 Å². The molecule has 0 saturated heterocycles. The molecule has 1 aromatic carbocycles. The molecule has 0 heterocycles. The van der Waals surface area contributed by atoms with E-state index in [9.17, 15) is 13.2 Å². The Bertz CT molecular complexity index is 638. The van der Waals surface area contributed by atoms with Crippen molar-refractivity contribution in [3.05, 3.63) is 29.3 Å². The molecule has 0 aromatic heterocycles. The minimum Gasteiger partial charge on any atom is -0.478 e. The average Bonchev–Trinajstić information content (AvgIpc) is 2.34. The van der Waals surface area contributed by atoms with E-state index in [1.807, 2.05) is 0 Å². The van der Waals surface area contributed by atoms with Gasteiger partial charge in [-0.25, -0.2) is 17.9 Å². The fourth-order valence-electron chi connectivity index (χ4n) is 1.45. The van der Waals surface area contributed by atoms with Crippen LogP contribution in [0.15, 0.2) is 23.1 Å². The molecular weight excluding hydrogens is 266 g/mol. The van der Waals surface area contributed by atoms with Crippen molar-refractivity contribution in [3.63, 3.8) is 0 Å². The van der Waals surface area contributed by atoms with E-state index in [1.54, 1.807) is 13.8 Å². The largest absolute Gasteiger partial charge is 0.478 e. The molecule has 6 heteroatoms. The molecule has 0 saturated carbocycles. The lowest BCUT2D eigenvalue weighted by atomic mass is 10.1. The summed E-state index contributed by atoms with van der Waals surface area (Å²) in [5.74, 6) is 4.26. The van der Waals surface area contributed by atoms with Crippen LogP contribution in [0.1, 0.15) is 29.3 Å². The van der Waals surface area contributed by atoms with Gasteiger partial charge in [-0.1, -0.05) is 6.07 Å². The summed E-state index contributed by atoms with van der Waals surface area (Å²) in [5, 5.41) is 8.97. The summed E-state index contributed by atoms with van der Waals surface area (Å²) in [6.07, 6.45) is 0.410. The Balaban J connectivity index is 2.97. The average molecular weight is 281 g/mol. The quantitative estimate of drug-likeness (QED) is 0.631. The summed E-state index contributed by atoms with van der Waals surface area (Å²) < 4.78 is 26.2. The molecule has 0 aliphatic rings. The maximum atomic E-state index is 11.9. The van der Waals surface area contributed by atoms with Crippen molar-refractivity contribution in [2.45, 2.75) is 25.2 Å². The number of sulfonamides is 1. The molecule has 0 amide bonds. The standard InChI is InChI=1S/C13H15NO4S/c1-3-4-5-8-14-19(17,18)11-7-6-10(2)12(9-11)13(15)16/h6-7,9,14H,5,8H2,1-2H3,(H,15,16). The van der Waals surface area contributed by atoms with Crippen LogP contribution in [-0.4, -0.2) is 26.0 Å². The fraction of sp³-hybridized carbons (Fsp3) is 0.308. The highest BCUT2D eigenvalue weighted by Gasteiger charge is 2.16. The summed E-state index contributed by atoms with van der Waals surface area (Å²) in [4.78, 5) is 10.9. The highest BCUT2D eigenvalue weighted by Crippen LogP contribution is 2.15. The van der Waals surface area contributed by atoms with Crippen molar-refractivity contribution in [3.8, 4) is 11.8 Å². The maximum absolute atomic E-state index is 11.9. The number of hydrogen-bond donors (Lipinski definition) is 2. The second-order valence-electron chi connectivity index (χ2n) is 3.86. The van der Waals surface area contributed by atoms with Crippen LogP contribution in [0.5, 0.6) is 0 Å². The van der Waals surface area contributed by atoms with Crippen LogP contribution in [-0.2, 0) is 10.0 Å². The van der Waals surface area contributed by atoms with Gasteiger partial charge in [-0.2, -0.15) is 0 Å². The first-order valence-corrected chi connectivity index (χ1v) is 7.10. The predicted molar refractivity (Wildman–Crippen MR) is 71.4 cm³/mol. The number of aromatic carboxylic acids is 1. The number of nitrogens with one attached hydrogen (secondary N) is 1. The van der Waals surface area contributed by atoms with Gasteiger partial charge < -0.3 is 5.11 Å². The number of aryl methyl sites for hydroxylation is 1. The number of carboxylic acids is 1. The highest BCUT2D eigenvalue weighted by molar-refractivity contribution is 7.89. The first-order valence-electron chi connectivity index (χ1n) is 5.61. The molecule has 2 N–H and O–H groups in total. The minimum absolute atomic E-state index is 0.0174. The van der Waals surface area contributed by atoms with E-state index in [0.717, 1.165) is 6.07 Å². The van der Waals surface area contributed by atoms with Crippen LogP contribution >= 0.6 is 0 Å². The summed E-state index contributed by atoms with van der Waals surface area (Å²) in [5.41, 5.74) is 0.500. The first kappa shape index (κ1) is 15.2. The SMILES string of the molecule is CC#CCCNS(=O)(=O)c1ccc(C)c(C(=O)O)c1. The number of benzene rings is 1. The van der Waals surface area contributed by atoms with Crippen molar-refractivity contribution >= 4 is 16.0 Å². The summed E-state index contributed by atoms with van der Waals surface area (Å²) in [7, 11) is -3.69. The molecule has 0 unspecified atom stereocenters. The Labute approximate surface area is 112 Å². The van der Waals surface area contributed by atoms with Gasteiger partial charge in [0, 0.05) is 13.0 Å². The van der Waals surface area contributed by atoms with Crippen molar-refractivity contribution in [1.29, 1.82) is 0 Å². The number of hydrogen-bond acceptors (Lipinski definition) is 3. The van der Waals surface area contributed by atoms with Crippen molar-refractivity contribution < 1.29 is 18.3 Å². The highest BCUT2D eigenvalue weighted by atomic mass is 32.2. The molecule has 1 aromatic rings. The van der Waals surface area contributed by atoms with Crippen molar-refractivity contribution in [2.24, 2.45) is 0 Å². The molecule has 1 rings (SSSR count). The molecule has 0 spiro atoms. The van der Waals surface area contributed by atoms with Crippen LogP contribution < -0.4 is 4.72 Å². The third-order valence-corrected chi connectivity index (χ3v) is 3.93. The summed E-state index contributed by atoms with van der Waals surface area (Å²) in [6.45, 7) is 3.48. The molecule has 0 atom stereocenters. The minimum atomic E-state index is -3.69. The van der Waals surface area contributed by atoms with E-state index in [-0.39, 0.29) is 17.0 Å². The zero-order valence-electron chi connectivity index (χ0n) is 10.7. The lowest BCUT2D eigenvalue weighted by molar-refractivity contribution is 0.0696. The Morgan fingerprint density at radius 3 is 2.68 bits per heavy atom. The van der Waals surface area contributed by atoms with Crippen LogP contribution in [0, 0.1) is 18.8 Å². The van der Waals surface area contributed by atoms with Gasteiger partial charge in [0.2, 0.25) is 10.0 Å². The second-order valence-corrected chi connectivity index (χ2v) is 5.62. The smallest absolute Gasteiger partial charge is 0.335 e. The number of rotatable bonds is 5. The third-order valence-electron chi connectivity index (χ3n) is 2.47. The van der Waals surface area contributed by atoms with E-state index < -0.39 is 16.0 Å². The molecule has 102 valence electrons. The zero-order valence-corrected chi connectivity index (χ0v) is 11.5. The molecular formula is C13H15NO4S. The van der Waals surface area contributed by atoms with Gasteiger partial charge in [-0.15, -0.1) is 11.8 Å². The Morgan fingerprint density at radius 1 is 1.42 bits per heavy atom. The molecule has 0 aliphatic carbocycles. The van der Waals surface area contributed by atoms with Crippen LogP contribution in [0.3, 0.4) is 0 Å². The van der Waals surface area contributed by atoms with Gasteiger partial charge in [0.05, 0.1) is 10.5 Å². The molecule has 0 bridgehead atoms. The van der Waals surface area contributed by atoms with Gasteiger partial charge in [-0.05, 0) is 31.5 Å². The maximum Gasteiger partial charge on any atom is 0.335 e. The zero-order chi connectivity index (χ0) is 14.5. The molecule has 19 heavy (non-hydrogen) atoms.